The molecule has 98 valence electrons. The number of benzene rings is 1. The average molecular weight is 274 g/mol. The first-order chi connectivity index (χ1) is 8.27. The molecule has 10 heteroatoms. The number of nitrogens with two attached hydrogens (primary N) is 1. The Morgan fingerprint density at radius 2 is 2.06 bits per heavy atom. The minimum Gasteiger partial charge on any atom is -0.321 e. The van der Waals surface area contributed by atoms with Crippen molar-refractivity contribution in [1.29, 1.82) is 0 Å². The first kappa shape index (κ1) is 14.0. The standard InChI is InChI=1S/C8H10N4O5S/c1-5(13)10-7-3-2-6(18(16,17)11-9)4-8(7)12(14)15/h2-4,11H,9H2,1H3,(H,10,13). The molecule has 0 spiro atoms. The Balaban J connectivity index is 3.37. The van der Waals surface area contributed by atoms with Gasteiger partial charge >= 0.3 is 0 Å². The van der Waals surface area contributed by atoms with Crippen molar-refractivity contribution in [2.45, 2.75) is 11.8 Å². The number of carbonyl (C=O) groups excluding carboxylic acids is 1. The van der Waals surface area contributed by atoms with E-state index < -0.39 is 26.5 Å². The highest BCUT2D eigenvalue weighted by molar-refractivity contribution is 7.89. The lowest BCUT2D eigenvalue weighted by atomic mass is 10.2. The zero-order chi connectivity index (χ0) is 13.9. The molecule has 1 aromatic rings. The molecule has 0 saturated carbocycles. The van der Waals surface area contributed by atoms with Crippen LogP contribution in [0.3, 0.4) is 0 Å². The second kappa shape index (κ2) is 5.08. The summed E-state index contributed by atoms with van der Waals surface area (Å²) >= 11 is 0. The Hall–Kier alpha value is -2.04. The first-order valence-electron chi connectivity index (χ1n) is 4.56. The average Bonchev–Trinajstić information content (AvgIpc) is 2.28. The van der Waals surface area contributed by atoms with Gasteiger partial charge in [0.2, 0.25) is 5.91 Å². The lowest BCUT2D eigenvalue weighted by molar-refractivity contribution is -0.384. The zero-order valence-corrected chi connectivity index (χ0v) is 10.0. The van der Waals surface area contributed by atoms with Crippen LogP contribution >= 0.6 is 0 Å². The minimum atomic E-state index is -3.99. The third-order valence-electron chi connectivity index (χ3n) is 1.94. The summed E-state index contributed by atoms with van der Waals surface area (Å²) in [6, 6.07) is 3.01. The van der Waals surface area contributed by atoms with Crippen LogP contribution in [-0.4, -0.2) is 19.2 Å². The van der Waals surface area contributed by atoms with Gasteiger partial charge in [0.15, 0.2) is 0 Å². The van der Waals surface area contributed by atoms with E-state index in [0.29, 0.717) is 0 Å². The second-order valence-electron chi connectivity index (χ2n) is 3.24. The van der Waals surface area contributed by atoms with E-state index >= 15 is 0 Å². The fraction of sp³-hybridized carbons (Fsp3) is 0.125. The number of nitro groups is 1. The third kappa shape index (κ3) is 3.00. The Labute approximate surface area is 102 Å². The fourth-order valence-electron chi connectivity index (χ4n) is 1.19. The summed E-state index contributed by atoms with van der Waals surface area (Å²) in [7, 11) is -3.99. The molecule has 4 N–H and O–H groups in total. The van der Waals surface area contributed by atoms with Gasteiger partial charge in [-0.3, -0.25) is 20.8 Å². The molecule has 1 amide bonds. The largest absolute Gasteiger partial charge is 0.321 e. The van der Waals surface area contributed by atoms with Crippen LogP contribution < -0.4 is 16.0 Å². The highest BCUT2D eigenvalue weighted by atomic mass is 32.2. The molecule has 0 aliphatic rings. The number of carbonyl (C=O) groups is 1. The number of nitrogens with one attached hydrogen (secondary N) is 2. The molecule has 0 radical (unpaired) electrons. The number of sulfonamides is 1. The molecule has 1 rings (SSSR count). The Morgan fingerprint density at radius 1 is 1.44 bits per heavy atom. The van der Waals surface area contributed by atoms with Crippen LogP contribution in [0.1, 0.15) is 6.92 Å². The van der Waals surface area contributed by atoms with Crippen LogP contribution in [0.4, 0.5) is 11.4 Å². The number of hydrogen-bond donors (Lipinski definition) is 3. The molecule has 9 nitrogen and oxygen atoms in total. The highest BCUT2D eigenvalue weighted by Gasteiger charge is 2.20. The molecule has 0 atom stereocenters. The van der Waals surface area contributed by atoms with Gasteiger partial charge in [0.25, 0.3) is 15.7 Å². The van der Waals surface area contributed by atoms with Crippen LogP contribution in [0, 0.1) is 10.1 Å². The zero-order valence-electron chi connectivity index (χ0n) is 9.21. The maximum absolute atomic E-state index is 11.4. The number of amides is 1. The van der Waals surface area contributed by atoms with Crippen LogP contribution in [-0.2, 0) is 14.8 Å². The fourth-order valence-corrected chi connectivity index (χ4v) is 1.84. The quantitative estimate of drug-likeness (QED) is 0.390. The maximum atomic E-state index is 11.4. The topological polar surface area (TPSA) is 144 Å². The van der Waals surface area contributed by atoms with Gasteiger partial charge < -0.3 is 5.32 Å². The van der Waals surface area contributed by atoms with E-state index in [4.69, 9.17) is 5.84 Å². The summed E-state index contributed by atoms with van der Waals surface area (Å²) in [5.74, 6) is 4.30. The SMILES string of the molecule is CC(=O)Nc1ccc(S(=O)(=O)NN)cc1[N+](=O)[O-]. The molecule has 0 aromatic heterocycles. The predicted molar refractivity (Wildman–Crippen MR) is 61.9 cm³/mol. The van der Waals surface area contributed by atoms with Gasteiger partial charge in [-0.1, -0.05) is 0 Å². The van der Waals surface area contributed by atoms with Gasteiger partial charge in [-0.15, -0.1) is 0 Å². The molecule has 0 aliphatic carbocycles. The number of rotatable bonds is 4. The van der Waals surface area contributed by atoms with E-state index in [2.05, 4.69) is 5.32 Å². The smallest absolute Gasteiger partial charge is 0.294 e. The first-order valence-corrected chi connectivity index (χ1v) is 6.04. The van der Waals surface area contributed by atoms with Crippen molar-refractivity contribution in [1.82, 2.24) is 4.83 Å². The Kier molecular flexibility index (Phi) is 3.96. The summed E-state index contributed by atoms with van der Waals surface area (Å²) < 4.78 is 22.7. The van der Waals surface area contributed by atoms with Crippen molar-refractivity contribution in [3.8, 4) is 0 Å². The van der Waals surface area contributed by atoms with Gasteiger partial charge in [-0.25, -0.2) is 8.42 Å². The van der Waals surface area contributed by atoms with E-state index in [-0.39, 0.29) is 10.6 Å². The van der Waals surface area contributed by atoms with Gasteiger partial charge in [0.1, 0.15) is 5.69 Å². The summed E-state index contributed by atoms with van der Waals surface area (Å²) in [6.45, 7) is 1.18. The predicted octanol–water partition coefficient (Wildman–Crippen LogP) is -0.295. The van der Waals surface area contributed by atoms with Crippen molar-refractivity contribution in [3.05, 3.63) is 28.3 Å². The lowest BCUT2D eigenvalue weighted by Gasteiger charge is -2.06. The molecule has 0 bridgehead atoms. The molecule has 0 fully saturated rings. The highest BCUT2D eigenvalue weighted by Crippen LogP contribution is 2.27. The minimum absolute atomic E-state index is 0.0940. The van der Waals surface area contributed by atoms with Crippen LogP contribution in [0.15, 0.2) is 23.1 Å². The summed E-state index contributed by atoms with van der Waals surface area (Å²) in [4.78, 5) is 22.0. The van der Waals surface area contributed by atoms with E-state index in [1.54, 1.807) is 4.83 Å². The molecule has 0 saturated heterocycles. The molecule has 0 heterocycles. The lowest BCUT2D eigenvalue weighted by Crippen LogP contribution is -2.30. The molecular formula is C8H10N4O5S. The second-order valence-corrected chi connectivity index (χ2v) is 4.95. The van der Waals surface area contributed by atoms with Crippen molar-refractivity contribution in [2.75, 3.05) is 5.32 Å². The molecule has 1 aromatic carbocycles. The molecule has 0 aliphatic heterocycles. The van der Waals surface area contributed by atoms with Gasteiger partial charge in [-0.05, 0) is 12.1 Å². The monoisotopic (exact) mass is 274 g/mol. The summed E-state index contributed by atoms with van der Waals surface area (Å²) in [5, 5.41) is 13.0. The summed E-state index contributed by atoms with van der Waals surface area (Å²) in [5.41, 5.74) is -0.634. The van der Waals surface area contributed by atoms with E-state index in [0.717, 1.165) is 18.2 Å². The maximum Gasteiger partial charge on any atom is 0.294 e. The normalized spacial score (nSPS) is 11.0. The Morgan fingerprint density at radius 3 is 2.50 bits per heavy atom. The van der Waals surface area contributed by atoms with Crippen molar-refractivity contribution in [3.63, 3.8) is 0 Å². The van der Waals surface area contributed by atoms with Crippen LogP contribution in [0.5, 0.6) is 0 Å². The molecular weight excluding hydrogens is 264 g/mol. The number of nitro benzene ring substituents is 1. The van der Waals surface area contributed by atoms with Crippen molar-refractivity contribution >= 4 is 27.3 Å². The van der Waals surface area contributed by atoms with E-state index in [9.17, 15) is 23.3 Å². The van der Waals surface area contributed by atoms with Crippen LogP contribution in [0.25, 0.3) is 0 Å². The van der Waals surface area contributed by atoms with Gasteiger partial charge in [0, 0.05) is 13.0 Å². The van der Waals surface area contributed by atoms with Crippen molar-refractivity contribution in [2.24, 2.45) is 5.84 Å². The van der Waals surface area contributed by atoms with Crippen LogP contribution in [0.2, 0.25) is 0 Å². The number of nitrogens with zero attached hydrogens (tertiary/aromatic N) is 1. The Bertz CT molecular complexity index is 598. The van der Waals surface area contributed by atoms with E-state index in [1.807, 2.05) is 0 Å². The van der Waals surface area contributed by atoms with E-state index in [1.165, 1.54) is 6.92 Å². The number of hydrogen-bond acceptors (Lipinski definition) is 6. The van der Waals surface area contributed by atoms with Crippen molar-refractivity contribution < 1.29 is 18.1 Å². The summed E-state index contributed by atoms with van der Waals surface area (Å²) in [6.07, 6.45) is 0. The van der Waals surface area contributed by atoms with Gasteiger partial charge in [0.05, 0.1) is 9.82 Å². The molecule has 0 unspecified atom stereocenters. The molecule has 18 heavy (non-hydrogen) atoms. The van der Waals surface area contributed by atoms with Gasteiger partial charge in [-0.2, -0.15) is 4.83 Å². The number of hydrazine groups is 1. The number of anilines is 1. The third-order valence-corrected chi connectivity index (χ3v) is 3.13.